The Morgan fingerprint density at radius 3 is 2.53 bits per heavy atom. The Bertz CT molecular complexity index is 349. The van der Waals surface area contributed by atoms with Crippen molar-refractivity contribution in [2.24, 2.45) is 5.92 Å². The van der Waals surface area contributed by atoms with Gasteiger partial charge in [-0.15, -0.1) is 0 Å². The first-order valence-corrected chi connectivity index (χ1v) is 8.15. The second-order valence-electron chi connectivity index (χ2n) is 4.52. The van der Waals surface area contributed by atoms with Gasteiger partial charge in [-0.1, -0.05) is 6.92 Å². The predicted octanol–water partition coefficient (Wildman–Crippen LogP) is -3.74. The van der Waals surface area contributed by atoms with E-state index < -0.39 is 0 Å². The maximum atomic E-state index is 11.3. The molecule has 0 aliphatic carbocycles. The summed E-state index contributed by atoms with van der Waals surface area (Å²) < 4.78 is 0. The van der Waals surface area contributed by atoms with Crippen LogP contribution in [0.3, 0.4) is 0 Å². The lowest BCUT2D eigenvalue weighted by atomic mass is 10.00. The number of aromatic nitrogens is 1. The first-order chi connectivity index (χ1) is 8.13. The Hall–Kier alpha value is -0.250. The van der Waals surface area contributed by atoms with E-state index in [2.05, 4.69) is 30.3 Å². The van der Waals surface area contributed by atoms with Crippen molar-refractivity contribution in [3.05, 3.63) is 30.1 Å². The van der Waals surface area contributed by atoms with Crippen LogP contribution in [0.2, 0.25) is 0 Å². The summed E-state index contributed by atoms with van der Waals surface area (Å²) in [6.45, 7) is 3.82. The van der Waals surface area contributed by atoms with Crippen LogP contribution < -0.4 is 29.8 Å². The Morgan fingerprint density at radius 2 is 2.05 bits per heavy atom. The molecule has 2 atom stereocenters. The number of ketones is 1. The highest BCUT2D eigenvalue weighted by Crippen LogP contribution is 2.13. The Labute approximate surface area is 131 Å². The van der Waals surface area contributed by atoms with Crippen molar-refractivity contribution in [1.82, 2.24) is 0 Å². The molecule has 0 saturated heterocycles. The third-order valence-corrected chi connectivity index (χ3v) is 4.79. The molecule has 2 nitrogen and oxygen atoms in total. The zero-order chi connectivity index (χ0) is 12.7. The van der Waals surface area contributed by atoms with Gasteiger partial charge >= 0.3 is 0 Å². The predicted molar refractivity (Wildman–Crippen MR) is 73.9 cm³/mol. The third-order valence-electron chi connectivity index (χ3n) is 3.06. The van der Waals surface area contributed by atoms with Gasteiger partial charge in [-0.3, -0.25) is 4.79 Å². The number of rotatable bonds is 7. The van der Waals surface area contributed by atoms with Crippen molar-refractivity contribution >= 4 is 16.7 Å². The summed E-state index contributed by atoms with van der Waals surface area (Å²) in [5, 5.41) is 0. The van der Waals surface area contributed by atoms with Gasteiger partial charge in [-0.2, -0.15) is 0 Å². The van der Waals surface area contributed by atoms with E-state index in [4.69, 9.17) is 0 Å². The summed E-state index contributed by atoms with van der Waals surface area (Å²) >= 11 is 0. The lowest BCUT2D eigenvalue weighted by molar-refractivity contribution is -0.388. The van der Waals surface area contributed by atoms with E-state index in [-0.39, 0.29) is 30.7 Å². The molecule has 1 rings (SSSR count). The largest absolute Gasteiger partial charge is 1.00 e. The number of carbonyl (C=O) groups is 1. The lowest BCUT2D eigenvalue weighted by Crippen LogP contribution is -3.00. The number of halogens is 2. The van der Waals surface area contributed by atoms with Crippen LogP contribution in [0.4, 0.5) is 0 Å². The number of aromatic amines is 1. The van der Waals surface area contributed by atoms with Gasteiger partial charge in [-0.25, -0.2) is 4.98 Å². The van der Waals surface area contributed by atoms with E-state index in [1.807, 2.05) is 12.3 Å². The molecule has 0 amide bonds. The highest BCUT2D eigenvalue weighted by Gasteiger charge is 2.20. The van der Waals surface area contributed by atoms with Crippen LogP contribution in [0.15, 0.2) is 24.4 Å². The van der Waals surface area contributed by atoms with Gasteiger partial charge in [0.25, 0.3) is 0 Å². The fourth-order valence-electron chi connectivity index (χ4n) is 1.90. The Balaban J connectivity index is 0. The van der Waals surface area contributed by atoms with Gasteiger partial charge < -0.3 is 24.8 Å². The van der Waals surface area contributed by atoms with Gasteiger partial charge in [0.05, 0.1) is 6.26 Å². The Kier molecular flexibility index (Phi) is 12.8. The maximum absolute atomic E-state index is 11.3. The van der Waals surface area contributed by atoms with E-state index >= 15 is 0 Å². The van der Waals surface area contributed by atoms with Gasteiger partial charge in [0.15, 0.2) is 11.9 Å². The minimum absolute atomic E-state index is 0. The second-order valence-corrected chi connectivity index (χ2v) is 6.78. The molecule has 19 heavy (non-hydrogen) atoms. The quantitative estimate of drug-likeness (QED) is 0.475. The fourth-order valence-corrected chi connectivity index (χ4v) is 3.44. The monoisotopic (exact) mass is 323 g/mol. The minimum atomic E-state index is 0. The average Bonchev–Trinajstić information content (AvgIpc) is 2.30. The van der Waals surface area contributed by atoms with Gasteiger partial charge in [0.1, 0.15) is 11.5 Å². The van der Waals surface area contributed by atoms with Crippen LogP contribution in [0.1, 0.15) is 32.4 Å². The minimum Gasteiger partial charge on any atom is -1.00 e. The normalized spacial score (nSPS) is 12.8. The topological polar surface area (TPSA) is 31.2 Å². The van der Waals surface area contributed by atoms with Crippen molar-refractivity contribution in [2.45, 2.75) is 32.4 Å². The van der Waals surface area contributed by atoms with Crippen molar-refractivity contribution in [2.75, 3.05) is 12.0 Å². The number of Topliss-reactive ketones (excluding diaryl/α,β-unsaturated/α-hetero) is 1. The third kappa shape index (κ3) is 8.51. The molecule has 110 valence electrons. The molecule has 0 bridgehead atoms. The van der Waals surface area contributed by atoms with Crippen LogP contribution in [-0.4, -0.2) is 17.8 Å². The Morgan fingerprint density at radius 1 is 1.37 bits per heavy atom. The van der Waals surface area contributed by atoms with Gasteiger partial charge in [-0.05, 0) is 30.3 Å². The number of H-pyrrole nitrogens is 1. The number of nitrogens with one attached hydrogen (secondary N) is 1. The summed E-state index contributed by atoms with van der Waals surface area (Å²) in [6.07, 6.45) is 6.27. The molecule has 0 fully saturated rings. The lowest BCUT2D eigenvalue weighted by Gasteiger charge is -2.09. The molecule has 0 aliphatic rings. The molecule has 1 aromatic rings. The molecular weight excluding hydrogens is 301 g/mol. The zero-order valence-corrected chi connectivity index (χ0v) is 14.1. The maximum Gasteiger partial charge on any atom is 0.229 e. The van der Waals surface area contributed by atoms with Crippen LogP contribution in [0.25, 0.3) is 0 Å². The first kappa shape index (κ1) is 21.1. The first-order valence-electron chi connectivity index (χ1n) is 6.18. The van der Waals surface area contributed by atoms with Crippen molar-refractivity contribution in [1.29, 1.82) is 0 Å². The second kappa shape index (κ2) is 11.6. The average molecular weight is 324 g/mol. The number of hydrogen-bond acceptors (Lipinski definition) is 1. The van der Waals surface area contributed by atoms with Crippen LogP contribution >= 0.6 is 0 Å². The van der Waals surface area contributed by atoms with Gasteiger partial charge in [0, 0.05) is 24.5 Å². The van der Waals surface area contributed by atoms with E-state index in [0.29, 0.717) is 16.7 Å². The van der Waals surface area contributed by atoms with Crippen LogP contribution in [0, 0.1) is 5.92 Å². The molecule has 0 radical (unpaired) electrons. The highest BCUT2D eigenvalue weighted by atomic mass is 35.5. The van der Waals surface area contributed by atoms with Crippen LogP contribution in [-0.2, 0) is 21.4 Å². The smallest absolute Gasteiger partial charge is 0.229 e. The number of carbonyl (C=O) groups excluding carboxylic acids is 1. The standard InChI is InChI=1S/C14H22NOS.2ClH/c1-4-13(12(2)16)8-10-17(3)11-14-7-5-6-9-15-14;;/h5-7,9,13H,4,8,10-11H2,1-3H3;2*1H/q+1;;/p-1/t13-,17?;;/m0../s1. The van der Waals surface area contributed by atoms with E-state index in [0.717, 1.165) is 24.3 Å². The molecule has 1 heterocycles. The fraction of sp³-hybridized carbons (Fsp3) is 0.571. The number of hydrogen-bond donors (Lipinski definition) is 0. The highest BCUT2D eigenvalue weighted by molar-refractivity contribution is 7.95. The summed E-state index contributed by atoms with van der Waals surface area (Å²) in [6, 6.07) is 6.19. The van der Waals surface area contributed by atoms with Crippen molar-refractivity contribution in [3.8, 4) is 0 Å². The summed E-state index contributed by atoms with van der Waals surface area (Å²) in [5.74, 6) is 2.86. The molecule has 5 heteroatoms. The molecule has 1 unspecified atom stereocenters. The van der Waals surface area contributed by atoms with Crippen molar-refractivity contribution < 1.29 is 34.6 Å². The summed E-state index contributed by atoms with van der Waals surface area (Å²) in [5.41, 5.74) is 1.29. The molecule has 1 aromatic heterocycles. The number of pyridine rings is 1. The SMILES string of the molecule is CC[C@@H](CC[S+](C)Cc1cccc[nH+]1)C(C)=O.[Cl-].[Cl-]. The molecule has 0 saturated carbocycles. The summed E-state index contributed by atoms with van der Waals surface area (Å²) in [4.78, 5) is 14.6. The van der Waals surface area contributed by atoms with E-state index in [9.17, 15) is 4.79 Å². The molecule has 0 aliphatic heterocycles. The van der Waals surface area contributed by atoms with Crippen LogP contribution in [0.5, 0.6) is 0 Å². The molecular formula is C14H23Cl2NOS. The molecule has 0 aromatic carbocycles. The van der Waals surface area contributed by atoms with E-state index in [1.165, 1.54) is 5.69 Å². The molecule has 1 N–H and O–H groups in total. The summed E-state index contributed by atoms with van der Waals surface area (Å²) in [7, 11) is 0.357. The molecule has 0 spiro atoms. The van der Waals surface area contributed by atoms with E-state index in [1.54, 1.807) is 6.92 Å². The van der Waals surface area contributed by atoms with Crippen molar-refractivity contribution in [3.63, 3.8) is 0 Å². The zero-order valence-electron chi connectivity index (χ0n) is 11.8. The van der Waals surface area contributed by atoms with Gasteiger partial charge in [0.2, 0.25) is 5.69 Å².